The fourth-order valence-corrected chi connectivity index (χ4v) is 1.85. The summed E-state index contributed by atoms with van der Waals surface area (Å²) in [6, 6.07) is 9.54. The number of benzene rings is 1. The molecule has 0 aliphatic heterocycles. The second kappa shape index (κ2) is 11.1. The van der Waals surface area contributed by atoms with Crippen LogP contribution in [-0.2, 0) is 16.0 Å². The lowest BCUT2D eigenvalue weighted by Gasteiger charge is -2.06. The minimum atomic E-state index is -0.375. The van der Waals surface area contributed by atoms with Crippen molar-refractivity contribution in [3.8, 4) is 11.8 Å². The number of carbonyl (C=O) groups is 1. The van der Waals surface area contributed by atoms with Crippen molar-refractivity contribution in [1.29, 1.82) is 5.26 Å². The van der Waals surface area contributed by atoms with Crippen LogP contribution in [-0.4, -0.2) is 39.8 Å². The zero-order chi connectivity index (χ0) is 16.9. The number of ether oxygens (including phenoxy) is 2. The molecule has 1 rings (SSSR count). The number of nitrogens with one attached hydrogen (secondary N) is 2. The first-order chi connectivity index (χ1) is 11.2. The molecule has 0 saturated carbocycles. The Hall–Kier alpha value is -2.52. The minimum Gasteiger partial charge on any atom is -0.497 e. The van der Waals surface area contributed by atoms with E-state index in [-0.39, 0.29) is 11.5 Å². The highest BCUT2D eigenvalue weighted by Crippen LogP contribution is 2.11. The van der Waals surface area contributed by atoms with Crippen molar-refractivity contribution in [2.75, 3.05) is 33.9 Å². The van der Waals surface area contributed by atoms with Gasteiger partial charge in [-0.05, 0) is 30.5 Å². The molecule has 0 aromatic heterocycles. The number of amides is 1. The van der Waals surface area contributed by atoms with Crippen molar-refractivity contribution >= 4 is 5.91 Å². The van der Waals surface area contributed by atoms with Gasteiger partial charge in [-0.3, -0.25) is 4.79 Å². The van der Waals surface area contributed by atoms with Crippen LogP contribution in [0, 0.1) is 11.3 Å². The van der Waals surface area contributed by atoms with Crippen molar-refractivity contribution in [1.82, 2.24) is 10.6 Å². The van der Waals surface area contributed by atoms with Crippen molar-refractivity contribution in [3.05, 3.63) is 41.6 Å². The van der Waals surface area contributed by atoms with E-state index >= 15 is 0 Å². The first-order valence-corrected chi connectivity index (χ1v) is 7.45. The third kappa shape index (κ3) is 7.34. The maximum absolute atomic E-state index is 11.9. The van der Waals surface area contributed by atoms with Crippen molar-refractivity contribution in [2.45, 2.75) is 12.8 Å². The van der Waals surface area contributed by atoms with Crippen LogP contribution in [0.3, 0.4) is 0 Å². The van der Waals surface area contributed by atoms with Crippen molar-refractivity contribution < 1.29 is 14.3 Å². The van der Waals surface area contributed by atoms with Crippen molar-refractivity contribution in [3.63, 3.8) is 0 Å². The summed E-state index contributed by atoms with van der Waals surface area (Å²) in [6.45, 7) is 1.75. The number of hydrogen-bond acceptors (Lipinski definition) is 5. The van der Waals surface area contributed by atoms with Gasteiger partial charge in [0, 0.05) is 33.0 Å². The minimum absolute atomic E-state index is 0.0668. The summed E-state index contributed by atoms with van der Waals surface area (Å²) in [5.74, 6) is 0.423. The molecule has 0 aliphatic rings. The van der Waals surface area contributed by atoms with Gasteiger partial charge in [0.25, 0.3) is 5.91 Å². The zero-order valence-electron chi connectivity index (χ0n) is 13.6. The molecule has 0 atom stereocenters. The van der Waals surface area contributed by atoms with E-state index in [1.54, 1.807) is 14.2 Å². The molecule has 0 spiro atoms. The third-order valence-corrected chi connectivity index (χ3v) is 3.14. The largest absolute Gasteiger partial charge is 0.497 e. The van der Waals surface area contributed by atoms with E-state index in [9.17, 15) is 4.79 Å². The summed E-state index contributed by atoms with van der Waals surface area (Å²) in [4.78, 5) is 11.9. The molecule has 6 heteroatoms. The van der Waals surface area contributed by atoms with E-state index in [1.807, 2.05) is 30.3 Å². The van der Waals surface area contributed by atoms with Crippen LogP contribution in [0.25, 0.3) is 0 Å². The van der Waals surface area contributed by atoms with Gasteiger partial charge in [0.15, 0.2) is 0 Å². The molecule has 0 aliphatic carbocycles. The Kier molecular flexibility index (Phi) is 8.94. The van der Waals surface area contributed by atoms with Crippen LogP contribution in [0.15, 0.2) is 36.0 Å². The first-order valence-electron chi connectivity index (χ1n) is 7.45. The van der Waals surface area contributed by atoms with Crippen molar-refractivity contribution in [2.24, 2.45) is 0 Å². The van der Waals surface area contributed by atoms with E-state index in [0.29, 0.717) is 26.1 Å². The molecule has 23 heavy (non-hydrogen) atoms. The van der Waals surface area contributed by atoms with Gasteiger partial charge < -0.3 is 20.1 Å². The van der Waals surface area contributed by atoms with E-state index in [0.717, 1.165) is 17.7 Å². The van der Waals surface area contributed by atoms with Gasteiger partial charge in [-0.25, -0.2) is 0 Å². The van der Waals surface area contributed by atoms with Crippen LogP contribution >= 0.6 is 0 Å². The average Bonchev–Trinajstić information content (AvgIpc) is 2.58. The number of carbonyl (C=O) groups excluding carboxylic acids is 1. The number of nitrogens with zero attached hydrogens (tertiary/aromatic N) is 1. The Morgan fingerprint density at radius 1 is 1.26 bits per heavy atom. The van der Waals surface area contributed by atoms with E-state index in [1.165, 1.54) is 6.20 Å². The molecule has 0 fully saturated rings. The molecule has 0 unspecified atom stereocenters. The normalized spacial score (nSPS) is 10.7. The highest BCUT2D eigenvalue weighted by molar-refractivity contribution is 5.97. The Morgan fingerprint density at radius 2 is 2.00 bits per heavy atom. The summed E-state index contributed by atoms with van der Waals surface area (Å²) in [6.07, 6.45) is 2.94. The Labute approximate surface area is 137 Å². The summed E-state index contributed by atoms with van der Waals surface area (Å²) >= 11 is 0. The Bertz CT molecular complexity index is 547. The van der Waals surface area contributed by atoms with Gasteiger partial charge in [-0.15, -0.1) is 0 Å². The summed E-state index contributed by atoms with van der Waals surface area (Å²) < 4.78 is 10.0. The molecule has 1 aromatic carbocycles. The molecule has 1 amide bonds. The highest BCUT2D eigenvalue weighted by Gasteiger charge is 2.07. The molecule has 1 aromatic rings. The molecule has 0 bridgehead atoms. The highest BCUT2D eigenvalue weighted by atomic mass is 16.5. The second-order valence-electron chi connectivity index (χ2n) is 4.82. The molecular formula is C17H23N3O3. The maximum Gasteiger partial charge on any atom is 0.263 e. The number of nitriles is 1. The zero-order valence-corrected chi connectivity index (χ0v) is 13.6. The monoisotopic (exact) mass is 317 g/mol. The van der Waals surface area contributed by atoms with E-state index in [2.05, 4.69) is 10.6 Å². The molecule has 0 saturated heterocycles. The predicted octanol–water partition coefficient (Wildman–Crippen LogP) is 1.39. The molecule has 0 heterocycles. The Morgan fingerprint density at radius 3 is 2.61 bits per heavy atom. The van der Waals surface area contributed by atoms with E-state index in [4.69, 9.17) is 14.7 Å². The standard InChI is InChI=1S/C17H23N3O3/c1-22-11-3-9-19-13-15(12-18)17(21)20-10-8-14-4-6-16(23-2)7-5-14/h4-7,13,19H,3,8-11H2,1-2H3,(H,20,21)/b15-13-. The lowest BCUT2D eigenvalue weighted by molar-refractivity contribution is -0.117. The van der Waals surface area contributed by atoms with Gasteiger partial charge in [0.05, 0.1) is 7.11 Å². The van der Waals surface area contributed by atoms with Crippen LogP contribution < -0.4 is 15.4 Å². The molecule has 124 valence electrons. The van der Waals surface area contributed by atoms with Crippen LogP contribution in [0.4, 0.5) is 0 Å². The number of hydrogen-bond donors (Lipinski definition) is 2. The molecular weight excluding hydrogens is 294 g/mol. The predicted molar refractivity (Wildman–Crippen MR) is 87.9 cm³/mol. The van der Waals surface area contributed by atoms with Gasteiger partial charge in [-0.1, -0.05) is 12.1 Å². The van der Waals surface area contributed by atoms with Crippen LogP contribution in [0.5, 0.6) is 5.75 Å². The number of methoxy groups -OCH3 is 2. The van der Waals surface area contributed by atoms with Crippen LogP contribution in [0.1, 0.15) is 12.0 Å². The summed E-state index contributed by atoms with van der Waals surface area (Å²) in [5.41, 5.74) is 1.16. The molecule has 0 radical (unpaired) electrons. The topological polar surface area (TPSA) is 83.4 Å². The van der Waals surface area contributed by atoms with E-state index < -0.39 is 0 Å². The fourth-order valence-electron chi connectivity index (χ4n) is 1.85. The average molecular weight is 317 g/mol. The van der Waals surface area contributed by atoms with Gasteiger partial charge >= 0.3 is 0 Å². The lowest BCUT2D eigenvalue weighted by Crippen LogP contribution is -2.27. The third-order valence-electron chi connectivity index (χ3n) is 3.14. The SMILES string of the molecule is COCCCN/C=C(/C#N)C(=O)NCCc1ccc(OC)cc1. The first kappa shape index (κ1) is 18.5. The van der Waals surface area contributed by atoms with Gasteiger partial charge in [0.1, 0.15) is 17.4 Å². The molecule has 2 N–H and O–H groups in total. The van der Waals surface area contributed by atoms with Gasteiger partial charge in [-0.2, -0.15) is 5.26 Å². The smallest absolute Gasteiger partial charge is 0.263 e. The van der Waals surface area contributed by atoms with Gasteiger partial charge in [0.2, 0.25) is 0 Å². The van der Waals surface area contributed by atoms with Crippen LogP contribution in [0.2, 0.25) is 0 Å². The Balaban J connectivity index is 2.35. The fraction of sp³-hybridized carbons (Fsp3) is 0.412. The quantitative estimate of drug-likeness (QED) is 0.387. The second-order valence-corrected chi connectivity index (χ2v) is 4.82. The number of rotatable bonds is 10. The molecule has 6 nitrogen and oxygen atoms in total. The maximum atomic E-state index is 11.9. The summed E-state index contributed by atoms with van der Waals surface area (Å²) in [5, 5.41) is 14.7. The summed E-state index contributed by atoms with van der Waals surface area (Å²) in [7, 11) is 3.25. The lowest BCUT2D eigenvalue weighted by atomic mass is 10.1.